The van der Waals surface area contributed by atoms with Crippen molar-refractivity contribution in [1.29, 1.82) is 0 Å². The van der Waals surface area contributed by atoms with Crippen LogP contribution in [0, 0.1) is 0 Å². The van der Waals surface area contributed by atoms with Gasteiger partial charge in [-0.25, -0.2) is 10.3 Å². The fourth-order valence-electron chi connectivity index (χ4n) is 6.85. The molecule has 4 aliphatic heterocycles. The minimum atomic E-state index is -2.57. The zero-order valence-corrected chi connectivity index (χ0v) is 21.3. The van der Waals surface area contributed by atoms with Crippen LogP contribution in [0.3, 0.4) is 0 Å². The van der Waals surface area contributed by atoms with Gasteiger partial charge in [0.1, 0.15) is 12.1 Å². The van der Waals surface area contributed by atoms with Gasteiger partial charge >= 0.3 is 5.96 Å². The summed E-state index contributed by atoms with van der Waals surface area (Å²) in [5.41, 5.74) is 13.2. The third kappa shape index (κ3) is 3.21. The van der Waals surface area contributed by atoms with Crippen molar-refractivity contribution in [1.82, 2.24) is 20.4 Å². The number of carbonyl (C=O) groups excluding carboxylic acids is 3. The summed E-state index contributed by atoms with van der Waals surface area (Å²) in [7, 11) is 0. The molecule has 4 atom stereocenters. The van der Waals surface area contributed by atoms with Crippen molar-refractivity contribution in [3.8, 4) is 0 Å². The molecule has 0 bridgehead atoms. The van der Waals surface area contributed by atoms with Crippen LogP contribution in [0.4, 0.5) is 0 Å². The molecule has 3 amide bonds. The first-order chi connectivity index (χ1) is 17.9. The second-order valence-corrected chi connectivity index (χ2v) is 11.5. The molecule has 1 aliphatic carbocycles. The first-order valence-corrected chi connectivity index (χ1v) is 12.9. The smallest absolute Gasteiger partial charge is 0.343 e. The van der Waals surface area contributed by atoms with E-state index in [9.17, 15) is 24.6 Å². The molecule has 9 N–H and O–H groups in total. The third-order valence-electron chi connectivity index (χ3n) is 8.86. The van der Waals surface area contributed by atoms with Gasteiger partial charge in [-0.05, 0) is 35.4 Å². The highest BCUT2D eigenvalue weighted by molar-refractivity contribution is 6.02. The molecule has 13 nitrogen and oxygen atoms in total. The first kappa shape index (κ1) is 24.6. The normalized spacial score (nSPS) is 32.4. The quantitative estimate of drug-likeness (QED) is 0.151. The Hall–Kier alpha value is -3.71. The molecule has 2 fully saturated rings. The molecule has 1 unspecified atom stereocenters. The van der Waals surface area contributed by atoms with Crippen LogP contribution in [0.25, 0.3) is 0 Å². The van der Waals surface area contributed by atoms with E-state index in [1.54, 1.807) is 6.07 Å². The summed E-state index contributed by atoms with van der Waals surface area (Å²) >= 11 is 0. The van der Waals surface area contributed by atoms with Gasteiger partial charge < -0.3 is 21.3 Å². The van der Waals surface area contributed by atoms with Crippen LogP contribution in [0.1, 0.15) is 54.6 Å². The number of rotatable bonds is 4. The molecule has 202 valence electrons. The van der Waals surface area contributed by atoms with Gasteiger partial charge in [-0.15, -0.1) is 0 Å². The fraction of sp³-hybridized carbons (Fsp3) is 0.560. The standard InChI is InChI=1S/C25H32N8O5/c1-23(2)9-8-12-13(4-3-5-14(12)23)20(36)29-16-11-33-22(27)28-15(10-32-17(34)6-7-18(32)35)19-24(33,25(16,37)38)31-21(26)30-19/h3-5,15-16,19,37-38H,6-11H2,1-2H3,(H2,27,28)(H,29,36)(H3,26,30,31)/p+1/t15-,16?,19-,24-/m0/s1. The topological polar surface area (TPSA) is 201 Å². The van der Waals surface area contributed by atoms with E-state index in [1.807, 2.05) is 12.1 Å². The predicted octanol–water partition coefficient (Wildman–Crippen LogP) is -4.09. The van der Waals surface area contributed by atoms with E-state index in [4.69, 9.17) is 11.5 Å². The zero-order chi connectivity index (χ0) is 27.2. The lowest BCUT2D eigenvalue weighted by Gasteiger charge is -2.46. The summed E-state index contributed by atoms with van der Waals surface area (Å²) in [6.07, 6.45) is 1.90. The molecule has 1 spiro atoms. The number of hydrogen-bond donors (Lipinski definition) is 7. The predicted molar refractivity (Wildman–Crippen MR) is 134 cm³/mol. The lowest BCUT2D eigenvalue weighted by Crippen LogP contribution is -2.90. The number of likely N-dealkylation sites (tertiary alicyclic amines) is 1. The van der Waals surface area contributed by atoms with Gasteiger partial charge in [0, 0.05) is 18.4 Å². The Morgan fingerprint density at radius 1 is 1.21 bits per heavy atom. The lowest BCUT2D eigenvalue weighted by atomic mass is 9.84. The molecule has 1 aromatic carbocycles. The number of fused-ring (bicyclic) bond motifs is 1. The van der Waals surface area contributed by atoms with Gasteiger partial charge in [-0.2, -0.15) is 0 Å². The third-order valence-corrected chi connectivity index (χ3v) is 8.86. The number of hydrogen-bond acceptors (Lipinski definition) is 10. The number of nitrogens with two attached hydrogens (primary N) is 2. The molecule has 4 heterocycles. The number of aliphatic hydroxyl groups is 2. The molecule has 13 heteroatoms. The summed E-state index contributed by atoms with van der Waals surface area (Å²) in [6.45, 7) is 4.12. The number of guanidine groups is 2. The van der Waals surface area contributed by atoms with Crippen LogP contribution >= 0.6 is 0 Å². The van der Waals surface area contributed by atoms with Crippen molar-refractivity contribution in [2.24, 2.45) is 16.5 Å². The first-order valence-electron chi connectivity index (χ1n) is 12.9. The van der Waals surface area contributed by atoms with Gasteiger partial charge in [0.05, 0.1) is 13.1 Å². The van der Waals surface area contributed by atoms with E-state index in [0.29, 0.717) is 5.56 Å². The number of benzene rings is 1. The highest BCUT2D eigenvalue weighted by Gasteiger charge is 2.76. The van der Waals surface area contributed by atoms with Crippen LogP contribution in [-0.4, -0.2) is 92.3 Å². The average molecular weight is 526 g/mol. The van der Waals surface area contributed by atoms with E-state index in [1.165, 1.54) is 4.90 Å². The number of amides is 3. The van der Waals surface area contributed by atoms with E-state index >= 15 is 0 Å². The Morgan fingerprint density at radius 2 is 1.92 bits per heavy atom. The molecule has 2 saturated heterocycles. The van der Waals surface area contributed by atoms with Gasteiger partial charge in [0.15, 0.2) is 12.0 Å². The Morgan fingerprint density at radius 3 is 2.63 bits per heavy atom. The molecule has 6 rings (SSSR count). The molecule has 0 aromatic heterocycles. The maximum absolute atomic E-state index is 13.5. The van der Waals surface area contributed by atoms with Crippen LogP contribution in [0.5, 0.6) is 0 Å². The Bertz CT molecular complexity index is 1310. The molecule has 0 radical (unpaired) electrons. The molecule has 38 heavy (non-hydrogen) atoms. The summed E-state index contributed by atoms with van der Waals surface area (Å²) in [4.78, 5) is 48.1. The fourth-order valence-corrected chi connectivity index (χ4v) is 6.85. The van der Waals surface area contributed by atoms with Crippen molar-refractivity contribution < 1.29 is 29.6 Å². The number of carbonyl (C=O) groups is 3. The SMILES string of the molecule is CC1(C)CCc2c(C(=O)NC3CN4C(N)=N[C@@H](CN5C(=O)CCC5=O)[C@@H]5[NH+]=C(N)N[C@@]54C3(O)O)cccc21. The number of nitrogens with one attached hydrogen (secondary N) is 3. The van der Waals surface area contributed by atoms with E-state index in [-0.39, 0.29) is 55.1 Å². The van der Waals surface area contributed by atoms with Crippen molar-refractivity contribution in [2.45, 2.75) is 74.5 Å². The number of imide groups is 1. The van der Waals surface area contributed by atoms with Crippen molar-refractivity contribution >= 4 is 29.6 Å². The van der Waals surface area contributed by atoms with Crippen molar-refractivity contribution in [3.05, 3.63) is 34.9 Å². The van der Waals surface area contributed by atoms with Gasteiger partial charge in [-0.1, -0.05) is 26.0 Å². The molecule has 5 aliphatic rings. The summed E-state index contributed by atoms with van der Waals surface area (Å²) in [5, 5.41) is 29.1. The van der Waals surface area contributed by atoms with Crippen molar-refractivity contribution in [2.75, 3.05) is 13.1 Å². The van der Waals surface area contributed by atoms with E-state index in [0.717, 1.165) is 28.9 Å². The van der Waals surface area contributed by atoms with E-state index in [2.05, 4.69) is 34.5 Å². The second-order valence-electron chi connectivity index (χ2n) is 11.5. The summed E-state index contributed by atoms with van der Waals surface area (Å²) < 4.78 is 0. The highest BCUT2D eigenvalue weighted by atomic mass is 16.5. The Kier molecular flexibility index (Phi) is 5.12. The highest BCUT2D eigenvalue weighted by Crippen LogP contribution is 2.42. The van der Waals surface area contributed by atoms with Gasteiger partial charge in [0.2, 0.25) is 17.6 Å². The minimum Gasteiger partial charge on any atom is -0.370 e. The van der Waals surface area contributed by atoms with Gasteiger partial charge in [-0.3, -0.25) is 34.9 Å². The number of aliphatic imine (C=N–C) groups is 1. The molecule has 1 aromatic rings. The van der Waals surface area contributed by atoms with Crippen LogP contribution in [0.2, 0.25) is 0 Å². The Labute approximate surface area is 218 Å². The monoisotopic (exact) mass is 525 g/mol. The molecular formula is C25H33N8O5+. The zero-order valence-electron chi connectivity index (χ0n) is 21.3. The maximum Gasteiger partial charge on any atom is 0.343 e. The average Bonchev–Trinajstić information content (AvgIpc) is 3.54. The van der Waals surface area contributed by atoms with Gasteiger partial charge in [0.25, 0.3) is 11.6 Å². The molecule has 0 saturated carbocycles. The number of nitrogens with zero attached hydrogens (tertiary/aromatic N) is 3. The van der Waals surface area contributed by atoms with Crippen LogP contribution in [0.15, 0.2) is 23.2 Å². The van der Waals surface area contributed by atoms with Crippen LogP contribution < -0.4 is 27.1 Å². The molecular weight excluding hydrogens is 492 g/mol. The van der Waals surface area contributed by atoms with Crippen molar-refractivity contribution in [3.63, 3.8) is 0 Å². The van der Waals surface area contributed by atoms with E-state index < -0.39 is 35.5 Å². The lowest BCUT2D eigenvalue weighted by molar-refractivity contribution is -0.521. The Balaban J connectivity index is 1.31. The second kappa shape index (κ2) is 7.90. The maximum atomic E-state index is 13.5. The summed E-state index contributed by atoms with van der Waals surface area (Å²) in [6, 6.07) is 2.74. The van der Waals surface area contributed by atoms with Crippen LogP contribution in [-0.2, 0) is 21.4 Å². The summed E-state index contributed by atoms with van der Waals surface area (Å²) in [5.74, 6) is -3.61. The largest absolute Gasteiger partial charge is 0.370 e. The minimum absolute atomic E-state index is 0.0269.